The molecule has 0 unspecified atom stereocenters. The number of nitrogens with zero attached hydrogens (tertiary/aromatic N) is 2. The highest BCUT2D eigenvalue weighted by molar-refractivity contribution is 5.69. The van der Waals surface area contributed by atoms with Crippen molar-refractivity contribution in [3.05, 3.63) is 65.7 Å². The summed E-state index contributed by atoms with van der Waals surface area (Å²) in [7, 11) is 0. The van der Waals surface area contributed by atoms with Gasteiger partial charge in [-0.25, -0.2) is 9.97 Å². The Morgan fingerprint density at radius 2 is 1.45 bits per heavy atom. The molecule has 0 radical (unpaired) electrons. The van der Waals surface area contributed by atoms with Crippen LogP contribution in [0.1, 0.15) is 18.1 Å². The number of ether oxygens (including phenoxy) is 1. The van der Waals surface area contributed by atoms with Gasteiger partial charge in [0.25, 0.3) is 0 Å². The second kappa shape index (κ2) is 9.14. The first kappa shape index (κ1) is 23.2. The highest BCUT2D eigenvalue weighted by Gasteiger charge is 2.53. The number of nitrogen functional groups attached to an aromatic ring is 1. The highest BCUT2D eigenvalue weighted by Crippen LogP contribution is 2.37. The minimum Gasteiger partial charge on any atom is -0.394 e. The van der Waals surface area contributed by atoms with Crippen molar-refractivity contribution in [1.82, 2.24) is 9.97 Å². The van der Waals surface area contributed by atoms with Gasteiger partial charge >= 0.3 is 0 Å². The number of aliphatic hydroxyl groups is 5. The average molecular weight is 453 g/mol. The molecule has 2 aromatic carbocycles. The Hall–Kier alpha value is -2.92. The van der Waals surface area contributed by atoms with Crippen LogP contribution >= 0.6 is 0 Å². The lowest BCUT2D eigenvalue weighted by atomic mass is 9.88. The molecular weight excluding hydrogens is 426 g/mol. The van der Waals surface area contributed by atoms with Gasteiger partial charge in [-0.3, -0.25) is 0 Å². The van der Waals surface area contributed by atoms with Crippen LogP contribution in [0.5, 0.6) is 0 Å². The topological polar surface area (TPSA) is 162 Å². The number of aliphatic hydroxyl groups excluding tert-OH is 4. The van der Waals surface area contributed by atoms with Crippen LogP contribution in [0.4, 0.5) is 5.95 Å². The van der Waals surface area contributed by atoms with Crippen LogP contribution in [0.25, 0.3) is 22.5 Å². The molecule has 0 aliphatic carbocycles. The minimum atomic E-state index is -2.32. The van der Waals surface area contributed by atoms with Gasteiger partial charge in [0, 0.05) is 16.7 Å². The molecule has 5 atom stereocenters. The Morgan fingerprint density at radius 1 is 0.909 bits per heavy atom. The summed E-state index contributed by atoms with van der Waals surface area (Å²) in [6.45, 7) is 1.44. The molecule has 0 bridgehead atoms. The molecule has 33 heavy (non-hydrogen) atoms. The van der Waals surface area contributed by atoms with E-state index in [1.807, 2.05) is 24.3 Å². The van der Waals surface area contributed by atoms with Crippen LogP contribution in [0.3, 0.4) is 0 Å². The molecule has 7 N–H and O–H groups in total. The summed E-state index contributed by atoms with van der Waals surface area (Å²) >= 11 is 0. The second-order valence-electron chi connectivity index (χ2n) is 8.09. The Balaban J connectivity index is 1.65. The van der Waals surface area contributed by atoms with E-state index in [0.717, 1.165) is 12.0 Å². The molecule has 3 aromatic rings. The third kappa shape index (κ3) is 4.34. The first-order valence-electron chi connectivity index (χ1n) is 10.7. The number of rotatable bonds is 5. The standard InChI is InChI=1S/C24H27N3O6/c1-2-13-3-5-14(6-4-13)17-11-18(27-23(25)26-17)15-7-9-16(10-8-15)24(32)22(31)21(30)20(29)19(12-28)33-24/h3-11,19-22,28-32H,2,12H2,1H3,(H2,25,26,27)/t19-,20-,21-,22-,24-/m1/s1. The van der Waals surface area contributed by atoms with Crippen LogP contribution in [0, 0.1) is 0 Å². The van der Waals surface area contributed by atoms with Gasteiger partial charge in [-0.1, -0.05) is 55.5 Å². The fraction of sp³-hybridized carbons (Fsp3) is 0.333. The summed E-state index contributed by atoms with van der Waals surface area (Å²) in [5.41, 5.74) is 10.1. The lowest BCUT2D eigenvalue weighted by molar-refractivity contribution is -0.357. The van der Waals surface area contributed by atoms with E-state index in [1.54, 1.807) is 18.2 Å². The molecule has 9 nitrogen and oxygen atoms in total. The lowest BCUT2D eigenvalue weighted by Crippen LogP contribution is -2.63. The molecule has 4 rings (SSSR count). The molecule has 9 heteroatoms. The predicted octanol–water partition coefficient (Wildman–Crippen LogP) is 0.574. The second-order valence-corrected chi connectivity index (χ2v) is 8.09. The van der Waals surface area contributed by atoms with E-state index >= 15 is 0 Å². The van der Waals surface area contributed by atoms with Crippen molar-refractivity contribution in [2.24, 2.45) is 0 Å². The number of aromatic nitrogens is 2. The number of anilines is 1. The Kier molecular flexibility index (Phi) is 6.44. The molecule has 1 saturated heterocycles. The SMILES string of the molecule is CCc1ccc(-c2cc(-c3ccc([C@@]4(O)O[C@H](CO)[C@@H](O)[C@@H](O)[C@H]4O)cc3)nc(N)n2)cc1. The Bertz CT molecular complexity index is 1110. The molecule has 1 fully saturated rings. The van der Waals surface area contributed by atoms with Crippen molar-refractivity contribution < 1.29 is 30.3 Å². The van der Waals surface area contributed by atoms with E-state index in [9.17, 15) is 25.5 Å². The summed E-state index contributed by atoms with van der Waals surface area (Å²) < 4.78 is 5.36. The van der Waals surface area contributed by atoms with Gasteiger partial charge in [0.2, 0.25) is 11.7 Å². The number of aryl methyl sites for hydroxylation is 1. The van der Waals surface area contributed by atoms with Crippen molar-refractivity contribution in [2.75, 3.05) is 12.3 Å². The number of hydrogen-bond acceptors (Lipinski definition) is 9. The van der Waals surface area contributed by atoms with Crippen LogP contribution in [-0.2, 0) is 16.9 Å². The first-order valence-corrected chi connectivity index (χ1v) is 10.7. The zero-order valence-corrected chi connectivity index (χ0v) is 18.0. The van der Waals surface area contributed by atoms with E-state index in [-0.39, 0.29) is 11.5 Å². The summed E-state index contributed by atoms with van der Waals surface area (Å²) in [6.07, 6.45) is -5.41. The van der Waals surface area contributed by atoms with Crippen LogP contribution in [-0.4, -0.2) is 66.5 Å². The smallest absolute Gasteiger partial charge is 0.222 e. The zero-order chi connectivity index (χ0) is 23.8. The fourth-order valence-electron chi connectivity index (χ4n) is 3.95. The molecule has 174 valence electrons. The van der Waals surface area contributed by atoms with Crippen LogP contribution in [0.15, 0.2) is 54.6 Å². The quantitative estimate of drug-likeness (QED) is 0.324. The Morgan fingerprint density at radius 3 is 1.97 bits per heavy atom. The predicted molar refractivity (Wildman–Crippen MR) is 121 cm³/mol. The molecule has 2 heterocycles. The maximum atomic E-state index is 10.9. The van der Waals surface area contributed by atoms with Crippen molar-refractivity contribution in [2.45, 2.75) is 43.5 Å². The minimum absolute atomic E-state index is 0.110. The van der Waals surface area contributed by atoms with E-state index < -0.39 is 36.8 Å². The number of hydrogen-bond donors (Lipinski definition) is 6. The first-order chi connectivity index (χ1) is 15.8. The number of nitrogens with two attached hydrogens (primary N) is 1. The lowest BCUT2D eigenvalue weighted by Gasteiger charge is -2.45. The van der Waals surface area contributed by atoms with Gasteiger partial charge < -0.3 is 36.0 Å². The van der Waals surface area contributed by atoms with Crippen molar-refractivity contribution in [3.63, 3.8) is 0 Å². The van der Waals surface area contributed by atoms with E-state index in [4.69, 9.17) is 10.5 Å². The molecule has 1 aliphatic heterocycles. The number of benzene rings is 2. The highest BCUT2D eigenvalue weighted by atomic mass is 16.7. The molecule has 0 saturated carbocycles. The van der Waals surface area contributed by atoms with Crippen LogP contribution < -0.4 is 5.73 Å². The molecule has 0 spiro atoms. The molecular formula is C24H27N3O6. The summed E-state index contributed by atoms with van der Waals surface area (Å²) in [4.78, 5) is 8.63. The van der Waals surface area contributed by atoms with E-state index in [2.05, 4.69) is 16.9 Å². The molecule has 1 aliphatic rings. The average Bonchev–Trinajstić information content (AvgIpc) is 2.84. The third-order valence-corrected chi connectivity index (χ3v) is 5.96. The van der Waals surface area contributed by atoms with E-state index in [1.165, 1.54) is 17.7 Å². The maximum absolute atomic E-state index is 10.9. The van der Waals surface area contributed by atoms with Gasteiger partial charge in [-0.2, -0.15) is 0 Å². The van der Waals surface area contributed by atoms with Crippen LogP contribution in [0.2, 0.25) is 0 Å². The Labute approximate surface area is 190 Å². The van der Waals surface area contributed by atoms with Crippen molar-refractivity contribution >= 4 is 5.95 Å². The third-order valence-electron chi connectivity index (χ3n) is 5.96. The molecule has 0 amide bonds. The summed E-state index contributed by atoms with van der Waals surface area (Å²) in [5, 5.41) is 50.7. The fourth-order valence-corrected chi connectivity index (χ4v) is 3.95. The monoisotopic (exact) mass is 453 g/mol. The largest absolute Gasteiger partial charge is 0.394 e. The molecule has 1 aromatic heterocycles. The van der Waals surface area contributed by atoms with Gasteiger partial charge in [0.1, 0.15) is 24.4 Å². The van der Waals surface area contributed by atoms with E-state index in [0.29, 0.717) is 17.0 Å². The van der Waals surface area contributed by atoms with Crippen molar-refractivity contribution in [1.29, 1.82) is 0 Å². The van der Waals surface area contributed by atoms with Gasteiger partial charge in [-0.05, 0) is 18.1 Å². The van der Waals surface area contributed by atoms with Gasteiger partial charge in [0.05, 0.1) is 18.0 Å². The normalized spacial score (nSPS) is 27.5. The summed E-state index contributed by atoms with van der Waals surface area (Å²) in [6, 6.07) is 16.1. The summed E-state index contributed by atoms with van der Waals surface area (Å²) in [5.74, 6) is -2.21. The van der Waals surface area contributed by atoms with Crippen molar-refractivity contribution in [3.8, 4) is 22.5 Å². The zero-order valence-electron chi connectivity index (χ0n) is 18.0. The van der Waals surface area contributed by atoms with Gasteiger partial charge in [-0.15, -0.1) is 0 Å². The maximum Gasteiger partial charge on any atom is 0.222 e. The van der Waals surface area contributed by atoms with Gasteiger partial charge in [0.15, 0.2) is 0 Å².